The molecule has 272 valence electrons. The van der Waals surface area contributed by atoms with Crippen LogP contribution in [0.3, 0.4) is 0 Å². The Balaban J connectivity index is 1.39. The van der Waals surface area contributed by atoms with E-state index >= 15 is 0 Å². The Morgan fingerprint density at radius 1 is 0.574 bits per heavy atom. The van der Waals surface area contributed by atoms with Crippen molar-refractivity contribution in [1.29, 1.82) is 0 Å². The fourth-order valence-corrected chi connectivity index (χ4v) is 10.8. The Kier molecular flexibility index (Phi) is 7.49. The molecule has 1 aromatic heterocycles. The number of benzene rings is 5. The summed E-state index contributed by atoms with van der Waals surface area (Å²) in [4.78, 5) is 6.67. The molecule has 1 aliphatic carbocycles. The van der Waals surface area contributed by atoms with E-state index in [1.165, 1.54) is 93.6 Å². The second kappa shape index (κ2) is 11.5. The van der Waals surface area contributed by atoms with Crippen LogP contribution in [0.15, 0.2) is 103 Å². The van der Waals surface area contributed by atoms with Gasteiger partial charge in [-0.25, -0.2) is 0 Å². The van der Waals surface area contributed by atoms with E-state index in [0.29, 0.717) is 0 Å². The predicted octanol–water partition coefficient (Wildman–Crippen LogP) is 12.3. The number of nitrogens with zero attached hydrogens (tertiary/aromatic N) is 2. The van der Waals surface area contributed by atoms with Crippen LogP contribution in [0, 0.1) is 6.92 Å². The molecule has 6 aromatic rings. The van der Waals surface area contributed by atoms with Gasteiger partial charge < -0.3 is 9.80 Å². The molecule has 4 heteroatoms. The van der Waals surface area contributed by atoms with Gasteiger partial charge in [0.15, 0.2) is 0 Å². The quantitative estimate of drug-likeness (QED) is 0.164. The Labute approximate surface area is 328 Å². The number of fused-ring (bicyclic) bond motifs is 8. The Morgan fingerprint density at radius 2 is 1.09 bits per heavy atom. The molecule has 54 heavy (non-hydrogen) atoms. The zero-order valence-corrected chi connectivity index (χ0v) is 35.0. The van der Waals surface area contributed by atoms with Gasteiger partial charge in [0, 0.05) is 49.1 Å². The van der Waals surface area contributed by atoms with E-state index in [1.807, 2.05) is 0 Å². The summed E-state index contributed by atoms with van der Waals surface area (Å²) in [5.41, 5.74) is 20.1. The highest BCUT2D eigenvalue weighted by Crippen LogP contribution is 2.58. The Hall–Kier alpha value is -4.54. The van der Waals surface area contributed by atoms with Crippen LogP contribution in [-0.2, 0) is 21.7 Å². The van der Waals surface area contributed by atoms with Crippen molar-refractivity contribution in [2.75, 3.05) is 9.80 Å². The minimum Gasteiger partial charge on any atom is -0.311 e. The van der Waals surface area contributed by atoms with Gasteiger partial charge in [-0.2, -0.15) is 11.3 Å². The topological polar surface area (TPSA) is 6.48 Å². The lowest BCUT2D eigenvalue weighted by atomic mass is 9.36. The van der Waals surface area contributed by atoms with Crippen molar-refractivity contribution < 1.29 is 0 Å². The maximum absolute atomic E-state index is 2.64. The van der Waals surface area contributed by atoms with Gasteiger partial charge in [0.05, 0.1) is 5.69 Å². The van der Waals surface area contributed by atoms with Crippen LogP contribution >= 0.6 is 11.3 Å². The predicted molar refractivity (Wildman–Crippen MR) is 237 cm³/mol. The number of rotatable bonds is 2. The first kappa shape index (κ1) is 35.2. The third kappa shape index (κ3) is 5.12. The normalized spacial score (nSPS) is 15.4. The summed E-state index contributed by atoms with van der Waals surface area (Å²) in [5, 5.41) is 0. The van der Waals surface area contributed by atoms with Crippen LogP contribution in [0.25, 0.3) is 11.1 Å². The molecule has 0 N–H and O–H groups in total. The summed E-state index contributed by atoms with van der Waals surface area (Å²) in [6.07, 6.45) is 0. The molecule has 0 saturated carbocycles. The van der Waals surface area contributed by atoms with E-state index in [0.717, 1.165) is 0 Å². The summed E-state index contributed by atoms with van der Waals surface area (Å²) < 4.78 is 1.45. The summed E-state index contributed by atoms with van der Waals surface area (Å²) in [5.74, 6) is 0. The molecule has 9 rings (SSSR count). The van der Waals surface area contributed by atoms with Crippen LogP contribution in [0.4, 0.5) is 34.1 Å². The average molecular weight is 725 g/mol. The van der Waals surface area contributed by atoms with Crippen LogP contribution in [-0.4, -0.2) is 6.71 Å². The van der Waals surface area contributed by atoms with Crippen molar-refractivity contribution in [3.8, 4) is 11.1 Å². The number of thiophene rings is 1. The fourth-order valence-electron chi connectivity index (χ4n) is 9.24. The third-order valence-corrected chi connectivity index (χ3v) is 13.9. The molecule has 3 aliphatic rings. The van der Waals surface area contributed by atoms with Crippen LogP contribution in [0.2, 0.25) is 0 Å². The van der Waals surface area contributed by atoms with Crippen LogP contribution in [0.1, 0.15) is 109 Å². The molecule has 0 fully saturated rings. The standard InChI is InChI=1S/C50H53BN2S/c1-30-27-40-43-41(28-30)53(35-24-19-32(20-25-35)48(5,6)7)44-42-36-15-13-14-16-37(36)50(11,12)45(42)54-46(44)51(43)38-29-33(49(8,9)10)21-26-39(38)52(40)34-22-17-31(18-23-34)47(2,3)4/h13-29H,1-12H3. The van der Waals surface area contributed by atoms with Crippen molar-refractivity contribution in [2.45, 2.75) is 105 Å². The minimum absolute atomic E-state index is 0.0150. The first-order valence-electron chi connectivity index (χ1n) is 19.7. The molecule has 5 aromatic carbocycles. The van der Waals surface area contributed by atoms with Gasteiger partial charge in [-0.3, -0.25) is 0 Å². The van der Waals surface area contributed by atoms with Crippen molar-refractivity contribution in [3.63, 3.8) is 0 Å². The largest absolute Gasteiger partial charge is 0.311 e. The molecule has 0 bridgehead atoms. The summed E-state index contributed by atoms with van der Waals surface area (Å²) in [6, 6.07) is 40.2. The van der Waals surface area contributed by atoms with Gasteiger partial charge >= 0.3 is 0 Å². The second-order valence-electron chi connectivity index (χ2n) is 19.6. The zero-order chi connectivity index (χ0) is 38.3. The van der Waals surface area contributed by atoms with Gasteiger partial charge in [-0.1, -0.05) is 137 Å². The van der Waals surface area contributed by atoms with Crippen molar-refractivity contribution in [1.82, 2.24) is 0 Å². The van der Waals surface area contributed by atoms with E-state index in [4.69, 9.17) is 0 Å². The highest BCUT2D eigenvalue weighted by molar-refractivity contribution is 7.29. The van der Waals surface area contributed by atoms with Crippen molar-refractivity contribution in [3.05, 3.63) is 136 Å². The molecular weight excluding hydrogens is 671 g/mol. The zero-order valence-electron chi connectivity index (χ0n) is 34.2. The average Bonchev–Trinajstić information content (AvgIpc) is 3.60. The number of hydrogen-bond donors (Lipinski definition) is 0. The highest BCUT2D eigenvalue weighted by atomic mass is 32.1. The van der Waals surface area contributed by atoms with Gasteiger partial charge in [-0.05, 0) is 110 Å². The lowest BCUT2D eigenvalue weighted by Crippen LogP contribution is -2.60. The van der Waals surface area contributed by atoms with E-state index in [2.05, 4.69) is 207 Å². The molecule has 0 atom stereocenters. The summed E-state index contributed by atoms with van der Waals surface area (Å²) >= 11 is 2.06. The molecular formula is C50H53BN2S. The maximum Gasteiger partial charge on any atom is 0.264 e. The third-order valence-electron chi connectivity index (χ3n) is 12.3. The van der Waals surface area contributed by atoms with Crippen LogP contribution in [0.5, 0.6) is 0 Å². The molecule has 0 unspecified atom stereocenters. The minimum atomic E-state index is -0.0911. The van der Waals surface area contributed by atoms with Gasteiger partial charge in [0.25, 0.3) is 6.71 Å². The second-order valence-corrected chi connectivity index (χ2v) is 20.7. The first-order valence-corrected chi connectivity index (χ1v) is 20.5. The van der Waals surface area contributed by atoms with Crippen molar-refractivity contribution >= 4 is 67.9 Å². The molecule has 2 aliphatic heterocycles. The van der Waals surface area contributed by atoms with Gasteiger partial charge in [0.2, 0.25) is 0 Å². The summed E-state index contributed by atoms with van der Waals surface area (Å²) in [6.45, 7) is 28.1. The molecule has 2 nitrogen and oxygen atoms in total. The SMILES string of the molecule is Cc1cc2c3c(c1)N(c1ccc(C(C)(C)C)cc1)c1c(sc4c1-c1ccccc1C4(C)C)B3c1cc(C(C)(C)C)ccc1N2c1ccc(C(C)(C)C)cc1. The lowest BCUT2D eigenvalue weighted by Gasteiger charge is -2.44. The molecule has 0 spiro atoms. The van der Waals surface area contributed by atoms with Gasteiger partial charge in [0.1, 0.15) is 0 Å². The van der Waals surface area contributed by atoms with E-state index < -0.39 is 0 Å². The van der Waals surface area contributed by atoms with E-state index in [1.54, 1.807) is 0 Å². The lowest BCUT2D eigenvalue weighted by molar-refractivity contribution is 0.590. The highest BCUT2D eigenvalue weighted by Gasteiger charge is 2.50. The number of hydrogen-bond acceptors (Lipinski definition) is 3. The monoisotopic (exact) mass is 724 g/mol. The summed E-state index contributed by atoms with van der Waals surface area (Å²) in [7, 11) is 0. The maximum atomic E-state index is 2.64. The smallest absolute Gasteiger partial charge is 0.264 e. The number of anilines is 6. The van der Waals surface area contributed by atoms with E-state index in [9.17, 15) is 0 Å². The molecule has 3 heterocycles. The first-order chi connectivity index (χ1) is 25.4. The molecule has 0 radical (unpaired) electrons. The Bertz CT molecular complexity index is 2480. The molecule has 0 amide bonds. The fraction of sp³-hybridized carbons (Fsp3) is 0.320. The van der Waals surface area contributed by atoms with Crippen LogP contribution < -0.4 is 25.5 Å². The van der Waals surface area contributed by atoms with E-state index in [-0.39, 0.29) is 28.4 Å². The van der Waals surface area contributed by atoms with Gasteiger partial charge in [-0.15, -0.1) is 0 Å². The number of aryl methyl sites for hydroxylation is 1. The molecule has 0 saturated heterocycles. The van der Waals surface area contributed by atoms with Crippen molar-refractivity contribution in [2.24, 2.45) is 0 Å². The Morgan fingerprint density at radius 3 is 1.67 bits per heavy atom.